The topological polar surface area (TPSA) is 108 Å². The molecule has 26 heavy (non-hydrogen) atoms. The van der Waals surface area contributed by atoms with Crippen LogP contribution >= 0.6 is 0 Å². The summed E-state index contributed by atoms with van der Waals surface area (Å²) in [5.74, 6) is -0.849. The Balaban J connectivity index is 2.31. The fraction of sp³-hybridized carbons (Fsp3) is 0.333. The minimum Gasteiger partial charge on any atom is -0.471 e. The molecule has 0 aliphatic heterocycles. The van der Waals surface area contributed by atoms with E-state index in [1.54, 1.807) is 0 Å². The fourth-order valence-corrected chi connectivity index (χ4v) is 2.16. The van der Waals surface area contributed by atoms with E-state index in [9.17, 15) is 22.5 Å². The second-order valence-corrected chi connectivity index (χ2v) is 6.40. The zero-order chi connectivity index (χ0) is 19.5. The van der Waals surface area contributed by atoms with Crippen LogP contribution in [-0.2, 0) is 21.0 Å². The van der Waals surface area contributed by atoms with Gasteiger partial charge < -0.3 is 24.1 Å². The highest BCUT2D eigenvalue weighted by atomic mass is 32.2. The highest BCUT2D eigenvalue weighted by Gasteiger charge is 2.37. The second-order valence-electron chi connectivity index (χ2n) is 5.39. The molecule has 0 saturated heterocycles. The molecule has 2 rings (SSSR count). The van der Waals surface area contributed by atoms with Gasteiger partial charge in [-0.25, -0.2) is 4.98 Å². The average molecular weight is 389 g/mol. The van der Waals surface area contributed by atoms with Crippen molar-refractivity contribution >= 4 is 22.2 Å². The van der Waals surface area contributed by atoms with E-state index in [2.05, 4.69) is 15.3 Å². The number of aliphatic hydroxyl groups is 1. The normalized spacial score (nSPS) is 14.1. The zero-order valence-corrected chi connectivity index (χ0v) is 14.6. The Morgan fingerprint density at radius 1 is 1.27 bits per heavy atom. The number of aliphatic hydroxyl groups excluding tert-OH is 1. The van der Waals surface area contributed by atoms with Crippen LogP contribution in [0.25, 0.3) is 0 Å². The Kier molecular flexibility index (Phi) is 6.03. The number of anilines is 2. The lowest BCUT2D eigenvalue weighted by Gasteiger charge is -2.20. The molecule has 7 nitrogen and oxygen atoms in total. The number of alkyl halides is 3. The quantitative estimate of drug-likeness (QED) is 0.653. The Morgan fingerprint density at radius 3 is 2.38 bits per heavy atom. The molecule has 1 heterocycles. The van der Waals surface area contributed by atoms with Crippen molar-refractivity contribution in [2.75, 3.05) is 5.32 Å². The Bertz CT molecular complexity index is 831. The molecule has 0 amide bonds. The van der Waals surface area contributed by atoms with Gasteiger partial charge in [-0.3, -0.25) is 0 Å². The smallest absolute Gasteiger partial charge is 0.423 e. The summed E-state index contributed by atoms with van der Waals surface area (Å²) in [6.07, 6.45) is -6.04. The first-order chi connectivity index (χ1) is 12.1. The standard InChI is InChI=1S/C15H16F3N4O3S/c1-8(23)9(2)25-13-12(15(16,17)18)7-20-14(22-13)21-10-3-5-11(6-4-10)26(19)24/h3-9,19,23H,1-2H3,(H,20,21,22)/q-1/t8-,9-/m1/s1. The van der Waals surface area contributed by atoms with Gasteiger partial charge in [0.15, 0.2) is 0 Å². The molecule has 1 aromatic carbocycles. The van der Waals surface area contributed by atoms with E-state index in [1.807, 2.05) is 0 Å². The van der Waals surface area contributed by atoms with Crippen molar-refractivity contribution in [2.45, 2.75) is 37.1 Å². The predicted octanol–water partition coefficient (Wildman–Crippen LogP) is 3.47. The molecule has 142 valence electrons. The van der Waals surface area contributed by atoms with Gasteiger partial charge in [0.2, 0.25) is 11.8 Å². The Morgan fingerprint density at radius 2 is 1.88 bits per heavy atom. The highest BCUT2D eigenvalue weighted by Crippen LogP contribution is 2.35. The number of nitrogens with one attached hydrogen (secondary N) is 2. The number of benzene rings is 1. The van der Waals surface area contributed by atoms with Crippen molar-refractivity contribution in [3.05, 3.63) is 36.0 Å². The number of ether oxygens (including phenoxy) is 1. The maximum absolute atomic E-state index is 13.1. The van der Waals surface area contributed by atoms with E-state index in [0.29, 0.717) is 11.9 Å². The first-order valence-electron chi connectivity index (χ1n) is 7.37. The molecule has 11 heteroatoms. The van der Waals surface area contributed by atoms with Crippen molar-refractivity contribution in [1.29, 1.82) is 4.78 Å². The molecule has 0 fully saturated rings. The molecule has 1 aromatic heterocycles. The van der Waals surface area contributed by atoms with Crippen LogP contribution in [0, 0.1) is 4.78 Å². The molecular weight excluding hydrogens is 373 g/mol. The van der Waals surface area contributed by atoms with E-state index < -0.39 is 40.4 Å². The van der Waals surface area contributed by atoms with Gasteiger partial charge in [0.1, 0.15) is 11.7 Å². The van der Waals surface area contributed by atoms with Crippen molar-refractivity contribution in [3.63, 3.8) is 0 Å². The number of rotatable bonds is 6. The van der Waals surface area contributed by atoms with Gasteiger partial charge in [-0.15, -0.1) is 0 Å². The summed E-state index contributed by atoms with van der Waals surface area (Å²) in [4.78, 5) is 7.65. The first kappa shape index (κ1) is 19.9. The van der Waals surface area contributed by atoms with E-state index >= 15 is 0 Å². The van der Waals surface area contributed by atoms with Crippen LogP contribution in [0.3, 0.4) is 0 Å². The molecule has 0 aliphatic rings. The summed E-state index contributed by atoms with van der Waals surface area (Å²) >= 11 is 0. The molecule has 0 spiro atoms. The van der Waals surface area contributed by atoms with Crippen LogP contribution in [0.1, 0.15) is 19.4 Å². The Hall–Kier alpha value is -2.40. The molecule has 2 aromatic rings. The third-order valence-electron chi connectivity index (χ3n) is 3.36. The minimum absolute atomic E-state index is 0.148. The van der Waals surface area contributed by atoms with Crippen LogP contribution < -0.4 is 10.1 Å². The minimum atomic E-state index is -4.72. The third kappa shape index (κ3) is 5.05. The van der Waals surface area contributed by atoms with Crippen molar-refractivity contribution < 1.29 is 27.2 Å². The van der Waals surface area contributed by atoms with Crippen LogP contribution in [0.15, 0.2) is 35.4 Å². The number of hydrogen-bond donors (Lipinski definition) is 3. The maximum Gasteiger partial charge on any atom is 0.423 e. The molecule has 0 bridgehead atoms. The highest BCUT2D eigenvalue weighted by molar-refractivity contribution is 7.73. The van der Waals surface area contributed by atoms with E-state index in [-0.39, 0.29) is 10.8 Å². The summed E-state index contributed by atoms with van der Waals surface area (Å²) < 4.78 is 62.5. The third-order valence-corrected chi connectivity index (χ3v) is 4.06. The molecule has 0 saturated carbocycles. The number of halogens is 3. The van der Waals surface area contributed by atoms with Gasteiger partial charge in [0, 0.05) is 11.9 Å². The van der Waals surface area contributed by atoms with Crippen molar-refractivity contribution in [2.24, 2.45) is 0 Å². The molecule has 2 atom stereocenters. The lowest BCUT2D eigenvalue weighted by molar-refractivity contribution is -0.140. The van der Waals surface area contributed by atoms with Gasteiger partial charge in [0.05, 0.1) is 6.10 Å². The Labute approximate surface area is 149 Å². The molecular formula is C15H16F3N4O3S-. The van der Waals surface area contributed by atoms with Gasteiger partial charge in [-0.1, -0.05) is 17.0 Å². The van der Waals surface area contributed by atoms with Gasteiger partial charge in [0.25, 0.3) is 0 Å². The van der Waals surface area contributed by atoms with E-state index in [1.165, 1.54) is 38.1 Å². The molecule has 0 unspecified atom stereocenters. The first-order valence-corrected chi connectivity index (χ1v) is 8.52. The van der Waals surface area contributed by atoms with Crippen molar-refractivity contribution in [1.82, 2.24) is 9.97 Å². The van der Waals surface area contributed by atoms with Crippen LogP contribution in [0.5, 0.6) is 5.88 Å². The van der Waals surface area contributed by atoms with Crippen molar-refractivity contribution in [3.8, 4) is 5.88 Å². The SMILES string of the molecule is C[C@@H](O)[C@@H](C)Oc1nc(Nc2ccc([S-](=N)=O)cc2)ncc1C(F)(F)F. The monoisotopic (exact) mass is 389 g/mol. The lowest BCUT2D eigenvalue weighted by atomic mass is 10.2. The molecule has 0 radical (unpaired) electrons. The average Bonchev–Trinajstić information content (AvgIpc) is 2.54. The van der Waals surface area contributed by atoms with E-state index in [0.717, 1.165) is 0 Å². The fourth-order valence-electron chi connectivity index (χ4n) is 1.78. The number of hydrogen-bond acceptors (Lipinski definition) is 8. The maximum atomic E-state index is 13.1. The molecule has 3 N–H and O–H groups in total. The van der Waals surface area contributed by atoms with Gasteiger partial charge >= 0.3 is 6.18 Å². The second kappa shape index (κ2) is 7.87. The van der Waals surface area contributed by atoms with Crippen LogP contribution in [-0.4, -0.2) is 27.3 Å². The predicted molar refractivity (Wildman–Crippen MR) is 87.6 cm³/mol. The summed E-state index contributed by atoms with van der Waals surface area (Å²) in [6.45, 7) is 2.80. The van der Waals surface area contributed by atoms with Crippen LogP contribution in [0.4, 0.5) is 24.8 Å². The summed E-state index contributed by atoms with van der Waals surface area (Å²) in [6, 6.07) is 5.84. The van der Waals surface area contributed by atoms with E-state index in [4.69, 9.17) is 9.52 Å². The summed E-state index contributed by atoms with van der Waals surface area (Å²) in [5, 5.41) is 12.1. The summed E-state index contributed by atoms with van der Waals surface area (Å²) in [7, 11) is -1.89. The number of nitrogens with zero attached hydrogens (tertiary/aromatic N) is 2. The largest absolute Gasteiger partial charge is 0.471 e. The van der Waals surface area contributed by atoms with Gasteiger partial charge in [-0.2, -0.15) is 28.8 Å². The summed E-state index contributed by atoms with van der Waals surface area (Å²) in [5.41, 5.74) is -0.732. The number of aromatic nitrogens is 2. The molecule has 0 aliphatic carbocycles. The van der Waals surface area contributed by atoms with Crippen LogP contribution in [0.2, 0.25) is 0 Å². The zero-order valence-electron chi connectivity index (χ0n) is 13.7. The van der Waals surface area contributed by atoms with Gasteiger partial charge in [-0.05, 0) is 26.0 Å². The lowest BCUT2D eigenvalue weighted by Crippen LogP contribution is -2.27.